The molecule has 110 valence electrons. The third-order valence-electron chi connectivity index (χ3n) is 3.33. The van der Waals surface area contributed by atoms with E-state index in [1.807, 2.05) is 0 Å². The van der Waals surface area contributed by atoms with Crippen LogP contribution < -0.4 is 4.72 Å². The predicted octanol–water partition coefficient (Wildman–Crippen LogP) is 2.35. The van der Waals surface area contributed by atoms with Gasteiger partial charge in [-0.3, -0.25) is 0 Å². The lowest BCUT2D eigenvalue weighted by molar-refractivity contribution is 0.0600. The van der Waals surface area contributed by atoms with Crippen LogP contribution in [0.15, 0.2) is 23.1 Å². The van der Waals surface area contributed by atoms with Crippen molar-refractivity contribution in [1.82, 2.24) is 4.72 Å². The Morgan fingerprint density at radius 1 is 1.35 bits per heavy atom. The molecule has 1 aromatic rings. The Kier molecular flexibility index (Phi) is 4.67. The van der Waals surface area contributed by atoms with E-state index < -0.39 is 16.0 Å². The number of ether oxygens (including phenoxy) is 1. The monoisotopic (exact) mass is 317 g/mol. The van der Waals surface area contributed by atoms with Gasteiger partial charge in [0, 0.05) is 6.04 Å². The molecular formula is C13H16ClNO4S. The van der Waals surface area contributed by atoms with Crippen LogP contribution >= 0.6 is 11.6 Å². The van der Waals surface area contributed by atoms with Crippen LogP contribution in [0.5, 0.6) is 0 Å². The molecule has 0 heterocycles. The summed E-state index contributed by atoms with van der Waals surface area (Å²) >= 11 is 5.87. The molecule has 0 aromatic heterocycles. The van der Waals surface area contributed by atoms with Gasteiger partial charge in [-0.2, -0.15) is 0 Å². The van der Waals surface area contributed by atoms with Gasteiger partial charge in [-0.1, -0.05) is 24.4 Å². The van der Waals surface area contributed by atoms with Gasteiger partial charge >= 0.3 is 5.97 Å². The standard InChI is InChI=1S/C13H16ClNO4S/c1-19-13(16)11-8-10(6-7-12(11)14)20(17,18)15-9-4-2-3-5-9/h6-9,15H,2-5H2,1H3. The number of methoxy groups -OCH3 is 1. The summed E-state index contributed by atoms with van der Waals surface area (Å²) in [5.41, 5.74) is 0.0449. The van der Waals surface area contributed by atoms with E-state index in [2.05, 4.69) is 9.46 Å². The first kappa shape index (κ1) is 15.3. The molecule has 0 bridgehead atoms. The zero-order valence-corrected chi connectivity index (χ0v) is 12.6. The van der Waals surface area contributed by atoms with Crippen molar-refractivity contribution in [1.29, 1.82) is 0 Å². The number of nitrogens with one attached hydrogen (secondary N) is 1. The minimum atomic E-state index is -3.64. The van der Waals surface area contributed by atoms with Crippen LogP contribution in [0.3, 0.4) is 0 Å². The lowest BCUT2D eigenvalue weighted by atomic mass is 10.2. The number of hydrogen-bond donors (Lipinski definition) is 1. The molecule has 1 aromatic carbocycles. The van der Waals surface area contributed by atoms with E-state index in [4.69, 9.17) is 11.6 Å². The summed E-state index contributed by atoms with van der Waals surface area (Å²) in [5, 5.41) is 0.164. The molecule has 5 nitrogen and oxygen atoms in total. The predicted molar refractivity (Wildman–Crippen MR) is 75.4 cm³/mol. The maximum Gasteiger partial charge on any atom is 0.339 e. The molecule has 0 aliphatic heterocycles. The summed E-state index contributed by atoms with van der Waals surface area (Å²) < 4.78 is 31.7. The van der Waals surface area contributed by atoms with Crippen molar-refractivity contribution in [3.05, 3.63) is 28.8 Å². The Hall–Kier alpha value is -1.11. The van der Waals surface area contributed by atoms with Crippen LogP contribution in [0.25, 0.3) is 0 Å². The smallest absolute Gasteiger partial charge is 0.339 e. The Morgan fingerprint density at radius 2 is 2.00 bits per heavy atom. The molecule has 20 heavy (non-hydrogen) atoms. The van der Waals surface area contributed by atoms with Gasteiger partial charge < -0.3 is 4.74 Å². The Balaban J connectivity index is 2.29. The largest absolute Gasteiger partial charge is 0.465 e. The second-order valence-corrected chi connectivity index (χ2v) is 6.86. The first-order valence-corrected chi connectivity index (χ1v) is 8.20. The number of benzene rings is 1. The van der Waals surface area contributed by atoms with Gasteiger partial charge in [0.1, 0.15) is 0 Å². The molecule has 0 atom stereocenters. The first-order chi connectivity index (χ1) is 9.44. The van der Waals surface area contributed by atoms with Gasteiger partial charge in [-0.25, -0.2) is 17.9 Å². The van der Waals surface area contributed by atoms with E-state index in [-0.39, 0.29) is 21.5 Å². The van der Waals surface area contributed by atoms with Gasteiger partial charge in [-0.15, -0.1) is 0 Å². The highest BCUT2D eigenvalue weighted by molar-refractivity contribution is 7.89. The van der Waals surface area contributed by atoms with Crippen LogP contribution in [-0.4, -0.2) is 27.5 Å². The Bertz CT molecular complexity index is 609. The summed E-state index contributed by atoms with van der Waals surface area (Å²) in [6.45, 7) is 0. The van der Waals surface area contributed by atoms with E-state index in [0.717, 1.165) is 25.7 Å². The highest BCUT2D eigenvalue weighted by Gasteiger charge is 2.24. The van der Waals surface area contributed by atoms with Crippen molar-refractivity contribution in [3.8, 4) is 0 Å². The zero-order valence-electron chi connectivity index (χ0n) is 11.1. The van der Waals surface area contributed by atoms with Crippen LogP contribution in [0.4, 0.5) is 0 Å². The van der Waals surface area contributed by atoms with Crippen LogP contribution in [0.1, 0.15) is 36.0 Å². The van der Waals surface area contributed by atoms with Gasteiger partial charge in [0.2, 0.25) is 10.0 Å². The van der Waals surface area contributed by atoms with E-state index in [0.29, 0.717) is 0 Å². The molecule has 1 fully saturated rings. The zero-order chi connectivity index (χ0) is 14.8. The quantitative estimate of drug-likeness (QED) is 0.865. The number of carbonyl (C=O) groups excluding carboxylic acids is 1. The minimum absolute atomic E-state index is 0.0224. The van der Waals surface area contributed by atoms with Crippen molar-refractivity contribution >= 4 is 27.6 Å². The maximum absolute atomic E-state index is 12.3. The average Bonchev–Trinajstić information content (AvgIpc) is 2.90. The van der Waals surface area contributed by atoms with E-state index in [1.165, 1.54) is 25.3 Å². The molecule has 1 aliphatic rings. The second-order valence-electron chi connectivity index (χ2n) is 4.74. The van der Waals surface area contributed by atoms with Gasteiger partial charge in [0.25, 0.3) is 0 Å². The van der Waals surface area contributed by atoms with Crippen LogP contribution in [0, 0.1) is 0 Å². The molecule has 1 N–H and O–H groups in total. The molecule has 7 heteroatoms. The lowest BCUT2D eigenvalue weighted by Crippen LogP contribution is -2.32. The molecule has 1 saturated carbocycles. The van der Waals surface area contributed by atoms with E-state index in [9.17, 15) is 13.2 Å². The summed E-state index contributed by atoms with van der Waals surface area (Å²) in [7, 11) is -2.42. The second kappa shape index (κ2) is 6.11. The number of hydrogen-bond acceptors (Lipinski definition) is 4. The summed E-state index contributed by atoms with van der Waals surface area (Å²) in [6.07, 6.45) is 3.75. The molecule has 0 amide bonds. The fraction of sp³-hybridized carbons (Fsp3) is 0.462. The van der Waals surface area contributed by atoms with E-state index >= 15 is 0 Å². The minimum Gasteiger partial charge on any atom is -0.465 e. The van der Waals surface area contributed by atoms with Gasteiger partial charge in [0.05, 0.1) is 22.6 Å². The highest BCUT2D eigenvalue weighted by Crippen LogP contribution is 2.24. The molecule has 0 radical (unpaired) electrons. The number of esters is 1. The molecule has 2 rings (SSSR count). The molecule has 0 saturated heterocycles. The van der Waals surface area contributed by atoms with Crippen molar-refractivity contribution < 1.29 is 17.9 Å². The Morgan fingerprint density at radius 3 is 2.60 bits per heavy atom. The number of sulfonamides is 1. The first-order valence-electron chi connectivity index (χ1n) is 6.34. The van der Waals surface area contributed by atoms with Crippen molar-refractivity contribution in [3.63, 3.8) is 0 Å². The van der Waals surface area contributed by atoms with Crippen molar-refractivity contribution in [2.75, 3.05) is 7.11 Å². The molecule has 0 unspecified atom stereocenters. The average molecular weight is 318 g/mol. The van der Waals surface area contributed by atoms with Crippen molar-refractivity contribution in [2.45, 2.75) is 36.6 Å². The molecular weight excluding hydrogens is 302 g/mol. The molecule has 0 spiro atoms. The van der Waals surface area contributed by atoms with Crippen LogP contribution in [0.2, 0.25) is 5.02 Å². The van der Waals surface area contributed by atoms with Gasteiger partial charge in [-0.05, 0) is 31.0 Å². The summed E-state index contributed by atoms with van der Waals surface area (Å²) in [6, 6.07) is 3.98. The fourth-order valence-corrected chi connectivity index (χ4v) is 3.79. The van der Waals surface area contributed by atoms with E-state index in [1.54, 1.807) is 0 Å². The SMILES string of the molecule is COC(=O)c1cc(S(=O)(=O)NC2CCCC2)ccc1Cl. The third kappa shape index (κ3) is 3.31. The Labute approximate surface area is 123 Å². The fourth-order valence-electron chi connectivity index (χ4n) is 2.27. The normalized spacial score (nSPS) is 16.3. The summed E-state index contributed by atoms with van der Waals surface area (Å²) in [4.78, 5) is 11.6. The van der Waals surface area contributed by atoms with Crippen molar-refractivity contribution in [2.24, 2.45) is 0 Å². The highest BCUT2D eigenvalue weighted by atomic mass is 35.5. The third-order valence-corrected chi connectivity index (χ3v) is 5.18. The van der Waals surface area contributed by atoms with Gasteiger partial charge in [0.15, 0.2) is 0 Å². The maximum atomic E-state index is 12.3. The lowest BCUT2D eigenvalue weighted by Gasteiger charge is -2.13. The van der Waals surface area contributed by atoms with Crippen LogP contribution in [-0.2, 0) is 14.8 Å². The number of halogens is 1. The molecule has 1 aliphatic carbocycles. The number of carbonyl (C=O) groups is 1. The summed E-state index contributed by atoms with van der Waals surface area (Å²) in [5.74, 6) is -0.659. The number of rotatable bonds is 4. The topological polar surface area (TPSA) is 72.5 Å².